The summed E-state index contributed by atoms with van der Waals surface area (Å²) >= 11 is 0. The summed E-state index contributed by atoms with van der Waals surface area (Å²) in [7, 11) is 0. The first-order valence-corrected chi connectivity index (χ1v) is 7.43. The minimum absolute atomic E-state index is 0.871. The Morgan fingerprint density at radius 2 is 1.43 bits per heavy atom. The van der Waals surface area contributed by atoms with Gasteiger partial charge in [-0.25, -0.2) is 0 Å². The highest BCUT2D eigenvalue weighted by Gasteiger charge is 2.04. The number of nitrogens with one attached hydrogen (secondary N) is 1. The second kappa shape index (κ2) is 5.61. The van der Waals surface area contributed by atoms with Crippen LogP contribution < -0.4 is 5.32 Å². The Labute approximate surface area is 126 Å². The van der Waals surface area contributed by atoms with Gasteiger partial charge in [-0.15, -0.1) is 0 Å². The van der Waals surface area contributed by atoms with E-state index in [4.69, 9.17) is 0 Å². The smallest absolute Gasteiger partial charge is 0.0406 e. The molecule has 106 valence electrons. The van der Waals surface area contributed by atoms with E-state index >= 15 is 0 Å². The molecule has 0 aliphatic heterocycles. The Balaban J connectivity index is 1.83. The zero-order valence-corrected chi connectivity index (χ0v) is 12.9. The van der Waals surface area contributed by atoms with Crippen LogP contribution in [0.5, 0.6) is 0 Å². The molecule has 1 nitrogen and oxygen atoms in total. The molecule has 0 heterocycles. The van der Waals surface area contributed by atoms with E-state index in [9.17, 15) is 0 Å². The average Bonchev–Trinajstić information content (AvgIpc) is 2.46. The topological polar surface area (TPSA) is 12.0 Å². The van der Waals surface area contributed by atoms with E-state index in [1.807, 2.05) is 0 Å². The third kappa shape index (κ3) is 2.92. The Morgan fingerprint density at radius 1 is 0.762 bits per heavy atom. The van der Waals surface area contributed by atoms with Crippen LogP contribution in [-0.2, 0) is 6.54 Å². The van der Waals surface area contributed by atoms with Gasteiger partial charge >= 0.3 is 0 Å². The second-order valence-corrected chi connectivity index (χ2v) is 5.79. The van der Waals surface area contributed by atoms with Crippen molar-refractivity contribution < 1.29 is 0 Å². The van der Waals surface area contributed by atoms with Gasteiger partial charge in [-0.05, 0) is 60.4 Å². The molecule has 0 saturated carbocycles. The van der Waals surface area contributed by atoms with Crippen molar-refractivity contribution in [1.29, 1.82) is 0 Å². The maximum absolute atomic E-state index is 3.55. The quantitative estimate of drug-likeness (QED) is 0.677. The Bertz CT molecular complexity index is 764. The molecule has 0 saturated heterocycles. The van der Waals surface area contributed by atoms with Gasteiger partial charge in [0.15, 0.2) is 0 Å². The van der Waals surface area contributed by atoms with Gasteiger partial charge < -0.3 is 5.32 Å². The van der Waals surface area contributed by atoms with Crippen molar-refractivity contribution in [2.24, 2.45) is 0 Å². The lowest BCUT2D eigenvalue weighted by molar-refractivity contribution is 1.08. The molecule has 3 aromatic carbocycles. The molecule has 0 bridgehead atoms. The fourth-order valence-corrected chi connectivity index (χ4v) is 2.98. The van der Waals surface area contributed by atoms with Crippen LogP contribution in [0.2, 0.25) is 0 Å². The van der Waals surface area contributed by atoms with Crippen LogP contribution in [0.3, 0.4) is 0 Å². The zero-order chi connectivity index (χ0) is 14.8. The summed E-state index contributed by atoms with van der Waals surface area (Å²) in [4.78, 5) is 0. The van der Waals surface area contributed by atoms with Gasteiger partial charge in [0.05, 0.1) is 0 Å². The minimum Gasteiger partial charge on any atom is -0.381 e. The summed E-state index contributed by atoms with van der Waals surface area (Å²) in [6, 6.07) is 19.5. The summed E-state index contributed by atoms with van der Waals surface area (Å²) in [5.41, 5.74) is 6.63. The molecule has 0 fully saturated rings. The molecule has 1 N–H and O–H groups in total. The lowest BCUT2D eigenvalue weighted by Gasteiger charge is -2.13. The van der Waals surface area contributed by atoms with Crippen LogP contribution in [0.15, 0.2) is 54.6 Å². The standard InChI is InChI=1S/C20H21N/c1-14-10-15(2)20(16(3)11-14)13-21-19-9-8-17-6-4-5-7-18(17)12-19/h4-12,21H,13H2,1-3H3. The zero-order valence-electron chi connectivity index (χ0n) is 12.9. The number of benzene rings is 3. The summed E-state index contributed by atoms with van der Waals surface area (Å²) < 4.78 is 0. The number of fused-ring (bicyclic) bond motifs is 1. The first-order chi connectivity index (χ1) is 10.1. The normalized spacial score (nSPS) is 10.8. The molecule has 0 radical (unpaired) electrons. The van der Waals surface area contributed by atoms with Crippen LogP contribution in [-0.4, -0.2) is 0 Å². The fraction of sp³-hybridized carbons (Fsp3) is 0.200. The van der Waals surface area contributed by atoms with Crippen LogP contribution in [0.25, 0.3) is 10.8 Å². The molecule has 0 spiro atoms. The monoisotopic (exact) mass is 275 g/mol. The maximum Gasteiger partial charge on any atom is 0.0406 e. The highest BCUT2D eigenvalue weighted by molar-refractivity contribution is 5.85. The van der Waals surface area contributed by atoms with E-state index < -0.39 is 0 Å². The van der Waals surface area contributed by atoms with Gasteiger partial charge in [-0.3, -0.25) is 0 Å². The molecule has 0 aliphatic carbocycles. The minimum atomic E-state index is 0.871. The Morgan fingerprint density at radius 3 is 2.14 bits per heavy atom. The molecule has 0 aliphatic rings. The number of hydrogen-bond acceptors (Lipinski definition) is 1. The maximum atomic E-state index is 3.55. The summed E-state index contributed by atoms with van der Waals surface area (Å²) in [5, 5.41) is 6.11. The van der Waals surface area contributed by atoms with Crippen molar-refractivity contribution in [2.75, 3.05) is 5.32 Å². The average molecular weight is 275 g/mol. The molecule has 0 aromatic heterocycles. The summed E-state index contributed by atoms with van der Waals surface area (Å²) in [6.45, 7) is 7.41. The van der Waals surface area contributed by atoms with Crippen LogP contribution in [0.4, 0.5) is 5.69 Å². The summed E-state index contributed by atoms with van der Waals surface area (Å²) in [6.07, 6.45) is 0. The van der Waals surface area contributed by atoms with Gasteiger partial charge in [0.1, 0.15) is 0 Å². The number of aryl methyl sites for hydroxylation is 3. The van der Waals surface area contributed by atoms with E-state index in [2.05, 4.69) is 80.7 Å². The predicted molar refractivity (Wildman–Crippen MR) is 91.9 cm³/mol. The van der Waals surface area contributed by atoms with Crippen molar-refractivity contribution in [3.8, 4) is 0 Å². The highest BCUT2D eigenvalue weighted by atomic mass is 14.9. The van der Waals surface area contributed by atoms with E-state index in [1.165, 1.54) is 38.7 Å². The molecule has 1 heteroatoms. The van der Waals surface area contributed by atoms with Crippen molar-refractivity contribution >= 4 is 16.5 Å². The SMILES string of the molecule is Cc1cc(C)c(CNc2ccc3ccccc3c2)c(C)c1. The van der Waals surface area contributed by atoms with Gasteiger partial charge in [0.2, 0.25) is 0 Å². The van der Waals surface area contributed by atoms with Crippen LogP contribution in [0, 0.1) is 20.8 Å². The first kappa shape index (κ1) is 13.7. The molecule has 21 heavy (non-hydrogen) atoms. The Kier molecular flexibility index (Phi) is 3.66. The highest BCUT2D eigenvalue weighted by Crippen LogP contribution is 2.21. The van der Waals surface area contributed by atoms with Crippen molar-refractivity contribution in [2.45, 2.75) is 27.3 Å². The number of rotatable bonds is 3. The third-order valence-electron chi connectivity index (χ3n) is 4.06. The summed E-state index contributed by atoms with van der Waals surface area (Å²) in [5.74, 6) is 0. The fourth-order valence-electron chi connectivity index (χ4n) is 2.98. The van der Waals surface area contributed by atoms with Gasteiger partial charge in [-0.2, -0.15) is 0 Å². The van der Waals surface area contributed by atoms with Gasteiger partial charge in [-0.1, -0.05) is 48.0 Å². The van der Waals surface area contributed by atoms with Crippen molar-refractivity contribution in [1.82, 2.24) is 0 Å². The molecule has 0 amide bonds. The van der Waals surface area contributed by atoms with E-state index in [-0.39, 0.29) is 0 Å². The lowest BCUT2D eigenvalue weighted by Crippen LogP contribution is -2.04. The largest absolute Gasteiger partial charge is 0.381 e. The molecule has 3 aromatic rings. The first-order valence-electron chi connectivity index (χ1n) is 7.43. The van der Waals surface area contributed by atoms with Gasteiger partial charge in [0, 0.05) is 12.2 Å². The Hall–Kier alpha value is -2.28. The predicted octanol–water partition coefficient (Wildman–Crippen LogP) is 5.38. The number of hydrogen-bond donors (Lipinski definition) is 1. The third-order valence-corrected chi connectivity index (χ3v) is 4.06. The molecule has 3 rings (SSSR count). The molecule has 0 atom stereocenters. The van der Waals surface area contributed by atoms with E-state index in [1.54, 1.807) is 0 Å². The lowest BCUT2D eigenvalue weighted by atomic mass is 10.00. The van der Waals surface area contributed by atoms with E-state index in [0.29, 0.717) is 0 Å². The van der Waals surface area contributed by atoms with Crippen LogP contribution >= 0.6 is 0 Å². The van der Waals surface area contributed by atoms with E-state index in [0.717, 1.165) is 6.54 Å². The molecular weight excluding hydrogens is 254 g/mol. The molecule has 0 unspecified atom stereocenters. The van der Waals surface area contributed by atoms with Gasteiger partial charge in [0.25, 0.3) is 0 Å². The van der Waals surface area contributed by atoms with Crippen LogP contribution in [0.1, 0.15) is 22.3 Å². The number of anilines is 1. The van der Waals surface area contributed by atoms with Crippen molar-refractivity contribution in [3.63, 3.8) is 0 Å². The molecular formula is C20H21N. The van der Waals surface area contributed by atoms with Crippen molar-refractivity contribution in [3.05, 3.63) is 76.9 Å². The second-order valence-electron chi connectivity index (χ2n) is 5.79.